The van der Waals surface area contributed by atoms with Crippen molar-refractivity contribution in [3.05, 3.63) is 41.3 Å². The standard InChI is InChI=1S/C12H12ClN3O/c1-8-3-4-10(17-2)9(7-8)16-12-11(13)14-5-6-15-12/h3-7H,1-2H3,(H,15,16). The van der Waals surface area contributed by atoms with Gasteiger partial charge in [-0.05, 0) is 24.6 Å². The Labute approximate surface area is 105 Å². The van der Waals surface area contributed by atoms with Gasteiger partial charge >= 0.3 is 0 Å². The lowest BCUT2D eigenvalue weighted by molar-refractivity contribution is 0.416. The predicted octanol–water partition coefficient (Wildman–Crippen LogP) is 3.19. The molecule has 5 heteroatoms. The minimum atomic E-state index is 0.330. The minimum Gasteiger partial charge on any atom is -0.495 e. The topological polar surface area (TPSA) is 47.0 Å². The Kier molecular flexibility index (Phi) is 3.44. The van der Waals surface area contributed by atoms with E-state index in [2.05, 4.69) is 15.3 Å². The molecule has 0 radical (unpaired) electrons. The Morgan fingerprint density at radius 1 is 1.24 bits per heavy atom. The van der Waals surface area contributed by atoms with Crippen molar-refractivity contribution in [3.63, 3.8) is 0 Å². The number of anilines is 2. The van der Waals surface area contributed by atoms with Gasteiger partial charge in [0.25, 0.3) is 0 Å². The van der Waals surface area contributed by atoms with Crippen LogP contribution in [0.3, 0.4) is 0 Å². The highest BCUT2D eigenvalue weighted by Crippen LogP contribution is 2.29. The molecule has 0 unspecified atom stereocenters. The molecule has 1 aromatic carbocycles. The van der Waals surface area contributed by atoms with Crippen molar-refractivity contribution in [2.45, 2.75) is 6.92 Å². The highest BCUT2D eigenvalue weighted by atomic mass is 35.5. The van der Waals surface area contributed by atoms with Crippen molar-refractivity contribution in [1.82, 2.24) is 9.97 Å². The Morgan fingerprint density at radius 3 is 2.71 bits per heavy atom. The van der Waals surface area contributed by atoms with E-state index >= 15 is 0 Å². The number of hydrogen-bond donors (Lipinski definition) is 1. The highest BCUT2D eigenvalue weighted by Gasteiger charge is 2.07. The Balaban J connectivity index is 2.35. The maximum Gasteiger partial charge on any atom is 0.171 e. The molecule has 0 fully saturated rings. The van der Waals surface area contributed by atoms with Crippen molar-refractivity contribution < 1.29 is 4.74 Å². The summed E-state index contributed by atoms with van der Waals surface area (Å²) in [6.45, 7) is 2.00. The highest BCUT2D eigenvalue weighted by molar-refractivity contribution is 6.31. The third-order valence-electron chi connectivity index (χ3n) is 2.26. The number of benzene rings is 1. The average molecular weight is 250 g/mol. The smallest absolute Gasteiger partial charge is 0.171 e. The number of methoxy groups -OCH3 is 1. The first-order chi connectivity index (χ1) is 8.20. The lowest BCUT2D eigenvalue weighted by Gasteiger charge is -2.11. The Hall–Kier alpha value is -1.81. The maximum absolute atomic E-state index is 5.93. The van der Waals surface area contributed by atoms with E-state index in [1.807, 2.05) is 25.1 Å². The number of aryl methyl sites for hydroxylation is 1. The van der Waals surface area contributed by atoms with E-state index in [0.717, 1.165) is 17.0 Å². The summed E-state index contributed by atoms with van der Waals surface area (Å²) in [4.78, 5) is 8.07. The van der Waals surface area contributed by atoms with Crippen LogP contribution in [0, 0.1) is 6.92 Å². The Bertz CT molecular complexity index is 531. The molecule has 0 bridgehead atoms. The first kappa shape index (κ1) is 11.7. The summed E-state index contributed by atoms with van der Waals surface area (Å²) in [5, 5.41) is 3.43. The molecule has 88 valence electrons. The summed E-state index contributed by atoms with van der Waals surface area (Å²) in [6.07, 6.45) is 3.12. The van der Waals surface area contributed by atoms with E-state index in [1.54, 1.807) is 19.5 Å². The fraction of sp³-hybridized carbons (Fsp3) is 0.167. The predicted molar refractivity (Wildman–Crippen MR) is 68.1 cm³/mol. The van der Waals surface area contributed by atoms with Gasteiger partial charge in [-0.2, -0.15) is 0 Å². The zero-order valence-electron chi connectivity index (χ0n) is 9.57. The molecule has 1 aromatic heterocycles. The van der Waals surface area contributed by atoms with Crippen LogP contribution in [0.15, 0.2) is 30.6 Å². The number of hydrogen-bond acceptors (Lipinski definition) is 4. The number of halogens is 1. The fourth-order valence-corrected chi connectivity index (χ4v) is 1.60. The number of ether oxygens (including phenoxy) is 1. The number of aromatic nitrogens is 2. The van der Waals surface area contributed by atoms with Crippen LogP contribution in [0.4, 0.5) is 11.5 Å². The molecule has 0 amide bonds. The minimum absolute atomic E-state index is 0.330. The van der Waals surface area contributed by atoms with Crippen molar-refractivity contribution in [2.75, 3.05) is 12.4 Å². The average Bonchev–Trinajstić information content (AvgIpc) is 2.32. The summed E-state index contributed by atoms with van der Waals surface area (Å²) in [7, 11) is 1.62. The van der Waals surface area contributed by atoms with E-state index in [4.69, 9.17) is 16.3 Å². The van der Waals surface area contributed by atoms with E-state index < -0.39 is 0 Å². The van der Waals surface area contributed by atoms with Crippen LogP contribution in [-0.4, -0.2) is 17.1 Å². The maximum atomic E-state index is 5.93. The molecule has 0 aliphatic rings. The van der Waals surface area contributed by atoms with Crippen LogP contribution < -0.4 is 10.1 Å². The summed E-state index contributed by atoms with van der Waals surface area (Å²) in [6, 6.07) is 5.83. The molecule has 0 aliphatic carbocycles. The summed E-state index contributed by atoms with van der Waals surface area (Å²) >= 11 is 5.93. The number of rotatable bonds is 3. The summed E-state index contributed by atoms with van der Waals surface area (Å²) in [5.41, 5.74) is 1.93. The third kappa shape index (κ3) is 2.65. The van der Waals surface area contributed by atoms with Gasteiger partial charge in [0.15, 0.2) is 11.0 Å². The molecule has 2 rings (SSSR count). The van der Waals surface area contributed by atoms with Gasteiger partial charge in [0, 0.05) is 12.4 Å². The van der Waals surface area contributed by atoms with Crippen LogP contribution in [0.5, 0.6) is 5.75 Å². The molecule has 0 aliphatic heterocycles. The van der Waals surface area contributed by atoms with Gasteiger partial charge < -0.3 is 10.1 Å². The zero-order valence-corrected chi connectivity index (χ0v) is 10.3. The SMILES string of the molecule is COc1ccc(C)cc1Nc1nccnc1Cl. The number of nitrogens with zero attached hydrogens (tertiary/aromatic N) is 2. The number of nitrogens with one attached hydrogen (secondary N) is 1. The second kappa shape index (κ2) is 5.01. The first-order valence-corrected chi connectivity index (χ1v) is 5.46. The summed E-state index contributed by atoms with van der Waals surface area (Å²) < 4.78 is 5.26. The largest absolute Gasteiger partial charge is 0.495 e. The molecular formula is C12H12ClN3O. The molecule has 0 saturated heterocycles. The van der Waals surface area contributed by atoms with Crippen molar-refractivity contribution in [2.24, 2.45) is 0 Å². The van der Waals surface area contributed by atoms with Crippen molar-refractivity contribution >= 4 is 23.1 Å². The second-order valence-corrected chi connectivity index (χ2v) is 3.88. The van der Waals surface area contributed by atoms with Crippen molar-refractivity contribution in [3.8, 4) is 5.75 Å². The van der Waals surface area contributed by atoms with Crippen LogP contribution in [0.25, 0.3) is 0 Å². The van der Waals surface area contributed by atoms with Crippen LogP contribution in [-0.2, 0) is 0 Å². The van der Waals surface area contributed by atoms with Gasteiger partial charge in [0.1, 0.15) is 5.75 Å². The molecule has 0 saturated carbocycles. The van der Waals surface area contributed by atoms with Gasteiger partial charge in [0.2, 0.25) is 0 Å². The molecule has 1 heterocycles. The van der Waals surface area contributed by atoms with E-state index in [1.165, 1.54) is 0 Å². The first-order valence-electron chi connectivity index (χ1n) is 5.09. The molecule has 0 spiro atoms. The van der Waals surface area contributed by atoms with Crippen LogP contribution in [0.2, 0.25) is 5.15 Å². The van der Waals surface area contributed by atoms with Gasteiger partial charge in [0.05, 0.1) is 12.8 Å². The van der Waals surface area contributed by atoms with Crippen molar-refractivity contribution in [1.29, 1.82) is 0 Å². The molecule has 1 N–H and O–H groups in total. The molecule has 17 heavy (non-hydrogen) atoms. The fourth-order valence-electron chi connectivity index (χ4n) is 1.45. The van der Waals surface area contributed by atoms with E-state index in [-0.39, 0.29) is 0 Å². The molecule has 2 aromatic rings. The van der Waals surface area contributed by atoms with Crippen LogP contribution in [0.1, 0.15) is 5.56 Å². The lowest BCUT2D eigenvalue weighted by Crippen LogP contribution is -1.98. The van der Waals surface area contributed by atoms with E-state index in [9.17, 15) is 0 Å². The monoisotopic (exact) mass is 249 g/mol. The lowest BCUT2D eigenvalue weighted by atomic mass is 10.2. The zero-order chi connectivity index (χ0) is 12.3. The normalized spacial score (nSPS) is 10.1. The second-order valence-electron chi connectivity index (χ2n) is 3.52. The third-order valence-corrected chi connectivity index (χ3v) is 2.54. The van der Waals surface area contributed by atoms with E-state index in [0.29, 0.717) is 11.0 Å². The van der Waals surface area contributed by atoms with Gasteiger partial charge in [-0.3, -0.25) is 0 Å². The quantitative estimate of drug-likeness (QED) is 0.908. The molecule has 4 nitrogen and oxygen atoms in total. The van der Waals surface area contributed by atoms with Gasteiger partial charge in [-0.25, -0.2) is 9.97 Å². The summed E-state index contributed by atoms with van der Waals surface area (Å²) in [5.74, 6) is 1.25. The molecular weight excluding hydrogens is 238 g/mol. The van der Waals surface area contributed by atoms with Gasteiger partial charge in [-0.15, -0.1) is 0 Å². The molecule has 0 atom stereocenters. The van der Waals surface area contributed by atoms with Gasteiger partial charge in [-0.1, -0.05) is 17.7 Å². The Morgan fingerprint density at radius 2 is 2.00 bits per heavy atom. The van der Waals surface area contributed by atoms with Crippen LogP contribution >= 0.6 is 11.6 Å².